The monoisotopic (exact) mass is 320 g/mol. The highest BCUT2D eigenvalue weighted by Gasteiger charge is 2.47. The minimum Gasteiger partial charge on any atom is -0.371 e. The molecular formula is C20H20N2O2. The van der Waals surface area contributed by atoms with Gasteiger partial charge in [0.1, 0.15) is 11.9 Å². The Balaban J connectivity index is 1.78. The fraction of sp³-hybridized carbons (Fsp3) is 0.300. The van der Waals surface area contributed by atoms with Crippen molar-refractivity contribution in [2.24, 2.45) is 5.41 Å². The Morgan fingerprint density at radius 2 is 1.83 bits per heavy atom. The summed E-state index contributed by atoms with van der Waals surface area (Å²) in [5, 5.41) is 0. The molecule has 0 spiro atoms. The molecule has 0 bridgehead atoms. The fourth-order valence-electron chi connectivity index (χ4n) is 2.94. The van der Waals surface area contributed by atoms with Crippen molar-refractivity contribution in [2.45, 2.75) is 20.0 Å². The molecule has 1 atom stereocenters. The van der Waals surface area contributed by atoms with Gasteiger partial charge in [0.05, 0.1) is 0 Å². The fourth-order valence-corrected chi connectivity index (χ4v) is 2.94. The average Bonchev–Trinajstić information content (AvgIpc) is 2.83. The maximum absolute atomic E-state index is 12.5. The molecule has 0 saturated carbocycles. The van der Waals surface area contributed by atoms with Gasteiger partial charge in [-0.1, -0.05) is 43.9 Å². The average molecular weight is 320 g/mol. The van der Waals surface area contributed by atoms with Gasteiger partial charge < -0.3 is 4.74 Å². The van der Waals surface area contributed by atoms with E-state index in [1.807, 2.05) is 56.3 Å². The number of amides is 1. The third-order valence-electron chi connectivity index (χ3n) is 4.15. The molecule has 1 aliphatic rings. The van der Waals surface area contributed by atoms with Crippen LogP contribution in [-0.4, -0.2) is 30.6 Å². The number of aromatic nitrogens is 1. The van der Waals surface area contributed by atoms with E-state index >= 15 is 0 Å². The van der Waals surface area contributed by atoms with E-state index < -0.39 is 6.10 Å². The number of anilines is 1. The molecule has 1 amide bonds. The number of hydrogen-bond donors (Lipinski definition) is 0. The summed E-state index contributed by atoms with van der Waals surface area (Å²) in [6.45, 7) is 4.64. The Morgan fingerprint density at radius 1 is 1.12 bits per heavy atom. The molecule has 3 rings (SSSR count). The lowest BCUT2D eigenvalue weighted by molar-refractivity contribution is -0.128. The van der Waals surface area contributed by atoms with Crippen LogP contribution in [0, 0.1) is 17.3 Å². The Morgan fingerprint density at radius 3 is 2.42 bits per heavy atom. The lowest BCUT2D eigenvalue weighted by Gasteiger charge is -2.21. The first-order valence-corrected chi connectivity index (χ1v) is 7.88. The second-order valence-corrected chi connectivity index (χ2v) is 6.55. The molecule has 0 radical (unpaired) electrons. The van der Waals surface area contributed by atoms with Crippen LogP contribution in [0.1, 0.15) is 25.0 Å². The zero-order chi connectivity index (χ0) is 17.2. The van der Waals surface area contributed by atoms with Crippen molar-refractivity contribution in [1.29, 1.82) is 0 Å². The molecule has 1 aromatic heterocycles. The van der Waals surface area contributed by atoms with Crippen LogP contribution in [0.25, 0.3) is 0 Å². The van der Waals surface area contributed by atoms with Crippen molar-refractivity contribution in [1.82, 2.24) is 4.98 Å². The van der Waals surface area contributed by atoms with Gasteiger partial charge in [-0.3, -0.25) is 9.69 Å². The molecule has 1 fully saturated rings. The van der Waals surface area contributed by atoms with Gasteiger partial charge in [-0.25, -0.2) is 4.98 Å². The van der Waals surface area contributed by atoms with Crippen molar-refractivity contribution >= 4 is 11.7 Å². The topological polar surface area (TPSA) is 42.4 Å². The summed E-state index contributed by atoms with van der Waals surface area (Å²) in [4.78, 5) is 18.6. The molecule has 1 aliphatic heterocycles. The zero-order valence-electron chi connectivity index (χ0n) is 14.1. The molecule has 0 aliphatic carbocycles. The molecular weight excluding hydrogens is 300 g/mol. The number of pyridine rings is 1. The normalized spacial score (nSPS) is 19.0. The molecule has 1 aromatic carbocycles. The van der Waals surface area contributed by atoms with E-state index in [0.717, 1.165) is 11.1 Å². The number of methoxy groups -OCH3 is 1. The minimum atomic E-state index is -0.433. The van der Waals surface area contributed by atoms with Gasteiger partial charge in [-0.2, -0.15) is 0 Å². The summed E-state index contributed by atoms with van der Waals surface area (Å²) in [6.07, 6.45) is 1.27. The molecule has 2 aromatic rings. The van der Waals surface area contributed by atoms with E-state index in [4.69, 9.17) is 4.74 Å². The Bertz CT molecular complexity index is 786. The zero-order valence-corrected chi connectivity index (χ0v) is 14.1. The Hall–Kier alpha value is -2.64. The van der Waals surface area contributed by atoms with Crippen LogP contribution in [0.3, 0.4) is 0 Å². The van der Waals surface area contributed by atoms with Crippen LogP contribution in [0.4, 0.5) is 5.82 Å². The quantitative estimate of drug-likeness (QED) is 0.799. The van der Waals surface area contributed by atoms with E-state index in [9.17, 15) is 4.79 Å². The summed E-state index contributed by atoms with van der Waals surface area (Å²) < 4.78 is 5.36. The van der Waals surface area contributed by atoms with Crippen LogP contribution in [0.15, 0.2) is 48.7 Å². The molecule has 4 nitrogen and oxygen atoms in total. The van der Waals surface area contributed by atoms with Crippen molar-refractivity contribution in [3.8, 4) is 11.8 Å². The van der Waals surface area contributed by atoms with Crippen molar-refractivity contribution in [3.63, 3.8) is 0 Å². The lowest BCUT2D eigenvalue weighted by Crippen LogP contribution is -2.33. The van der Waals surface area contributed by atoms with E-state index in [0.29, 0.717) is 12.4 Å². The van der Waals surface area contributed by atoms with Crippen molar-refractivity contribution < 1.29 is 9.53 Å². The first-order chi connectivity index (χ1) is 11.5. The van der Waals surface area contributed by atoms with Crippen LogP contribution in [-0.2, 0) is 9.53 Å². The number of benzene rings is 1. The summed E-state index contributed by atoms with van der Waals surface area (Å²) in [6, 6.07) is 13.5. The van der Waals surface area contributed by atoms with Crippen molar-refractivity contribution in [3.05, 3.63) is 59.8 Å². The highest BCUT2D eigenvalue weighted by atomic mass is 16.5. The predicted molar refractivity (Wildman–Crippen MR) is 93.6 cm³/mol. The van der Waals surface area contributed by atoms with E-state index in [1.54, 1.807) is 18.2 Å². The second-order valence-electron chi connectivity index (χ2n) is 6.55. The molecule has 1 unspecified atom stereocenters. The van der Waals surface area contributed by atoms with E-state index in [1.165, 1.54) is 0 Å². The van der Waals surface area contributed by atoms with Crippen molar-refractivity contribution in [2.75, 3.05) is 18.6 Å². The largest absolute Gasteiger partial charge is 0.371 e. The molecule has 122 valence electrons. The summed E-state index contributed by atoms with van der Waals surface area (Å²) in [7, 11) is 1.57. The number of ether oxygens (including phenoxy) is 1. The lowest BCUT2D eigenvalue weighted by atomic mass is 9.90. The standard InChI is InChI=1S/C20H20N2O2/c1-20(2)14-22(19(23)18(20)24-3)17-12-11-16(13-21-17)10-9-15-7-5-4-6-8-15/h4-8,11-13,18H,14H2,1-3H3. The Labute approximate surface area is 142 Å². The molecule has 2 heterocycles. The maximum Gasteiger partial charge on any atom is 0.257 e. The number of carbonyl (C=O) groups excluding carboxylic acids is 1. The smallest absolute Gasteiger partial charge is 0.257 e. The molecule has 1 saturated heterocycles. The number of hydrogen-bond acceptors (Lipinski definition) is 3. The van der Waals surface area contributed by atoms with Gasteiger partial charge in [0.2, 0.25) is 0 Å². The highest BCUT2D eigenvalue weighted by Crippen LogP contribution is 2.34. The van der Waals surface area contributed by atoms with Gasteiger partial charge in [-0.15, -0.1) is 0 Å². The minimum absolute atomic E-state index is 0.0434. The third kappa shape index (κ3) is 3.17. The SMILES string of the molecule is COC1C(=O)N(c2ccc(C#Cc3ccccc3)cn2)CC1(C)C. The van der Waals surface area contributed by atoms with Crippen LogP contribution >= 0.6 is 0 Å². The Kier molecular flexibility index (Phi) is 4.37. The van der Waals surface area contributed by atoms with Gasteiger partial charge in [0.15, 0.2) is 0 Å². The van der Waals surface area contributed by atoms with Crippen LogP contribution in [0.2, 0.25) is 0 Å². The second kappa shape index (κ2) is 6.46. The van der Waals surface area contributed by atoms with Gasteiger partial charge in [-0.05, 0) is 24.3 Å². The number of rotatable bonds is 2. The highest BCUT2D eigenvalue weighted by molar-refractivity contribution is 5.99. The van der Waals surface area contributed by atoms with Crippen LogP contribution < -0.4 is 4.90 Å². The first kappa shape index (κ1) is 16.2. The maximum atomic E-state index is 12.5. The summed E-state index contributed by atoms with van der Waals surface area (Å²) in [5.74, 6) is 6.78. The number of nitrogens with zero attached hydrogens (tertiary/aromatic N) is 2. The van der Waals surface area contributed by atoms with Gasteiger partial charge >= 0.3 is 0 Å². The van der Waals surface area contributed by atoms with Crippen LogP contribution in [0.5, 0.6) is 0 Å². The first-order valence-electron chi connectivity index (χ1n) is 7.88. The van der Waals surface area contributed by atoms with Gasteiger partial charge in [0.25, 0.3) is 5.91 Å². The van der Waals surface area contributed by atoms with Gasteiger partial charge in [0, 0.05) is 36.4 Å². The molecule has 0 N–H and O–H groups in total. The summed E-state index contributed by atoms with van der Waals surface area (Å²) in [5.41, 5.74) is 1.54. The molecule has 4 heteroatoms. The predicted octanol–water partition coefficient (Wildman–Crippen LogP) is 2.87. The summed E-state index contributed by atoms with van der Waals surface area (Å²) >= 11 is 0. The number of carbonyl (C=O) groups is 1. The molecule has 24 heavy (non-hydrogen) atoms. The van der Waals surface area contributed by atoms with E-state index in [-0.39, 0.29) is 11.3 Å². The van der Waals surface area contributed by atoms with E-state index in [2.05, 4.69) is 16.8 Å². The third-order valence-corrected chi connectivity index (χ3v) is 4.15.